The van der Waals surface area contributed by atoms with Gasteiger partial charge < -0.3 is 10.3 Å². The Bertz CT molecular complexity index is 879. The summed E-state index contributed by atoms with van der Waals surface area (Å²) in [6, 6.07) is 5.92. The maximum Gasteiger partial charge on any atom is 0.230 e. The fourth-order valence-electron chi connectivity index (χ4n) is 2.27. The van der Waals surface area contributed by atoms with Crippen molar-refractivity contribution in [2.75, 3.05) is 12.3 Å². The number of hydrogen-bond acceptors (Lipinski definition) is 5. The van der Waals surface area contributed by atoms with Crippen LogP contribution < -0.4 is 5.32 Å². The normalized spacial score (nSPS) is 11.5. The second kappa shape index (κ2) is 7.48. The molecule has 0 unspecified atom stereocenters. The van der Waals surface area contributed by atoms with Gasteiger partial charge in [-0.15, -0.1) is 10.2 Å². The molecule has 0 atom stereocenters. The lowest BCUT2D eigenvalue weighted by atomic mass is 10.1. The maximum atomic E-state index is 11.8. The molecular weight excluding hydrogens is 390 g/mol. The van der Waals surface area contributed by atoms with Crippen molar-refractivity contribution in [3.05, 3.63) is 22.7 Å². The van der Waals surface area contributed by atoms with Gasteiger partial charge in [-0.1, -0.05) is 41.5 Å². The summed E-state index contributed by atoms with van der Waals surface area (Å²) in [7, 11) is 0. The molecule has 0 spiro atoms. The summed E-state index contributed by atoms with van der Waals surface area (Å²) in [5.74, 6) is 0.858. The summed E-state index contributed by atoms with van der Waals surface area (Å²) in [6.45, 7) is 4.97. The van der Waals surface area contributed by atoms with E-state index in [-0.39, 0.29) is 11.7 Å². The Kier molecular flexibility index (Phi) is 5.35. The lowest BCUT2D eigenvalue weighted by Gasteiger charge is -2.06. The highest BCUT2D eigenvalue weighted by Crippen LogP contribution is 2.26. The van der Waals surface area contributed by atoms with Crippen LogP contribution in [0.15, 0.2) is 27.8 Å². The Morgan fingerprint density at radius 2 is 2.21 bits per heavy atom. The highest BCUT2D eigenvalue weighted by Gasteiger charge is 2.11. The van der Waals surface area contributed by atoms with Gasteiger partial charge in [0.15, 0.2) is 5.65 Å². The molecule has 0 saturated heterocycles. The van der Waals surface area contributed by atoms with Crippen molar-refractivity contribution in [1.29, 1.82) is 0 Å². The molecule has 3 aromatic rings. The zero-order valence-electron chi connectivity index (χ0n) is 13.5. The van der Waals surface area contributed by atoms with E-state index in [0.29, 0.717) is 23.3 Å². The number of thioether (sulfide) groups is 1. The number of H-pyrrole nitrogens is 1. The largest absolute Gasteiger partial charge is 0.355 e. The summed E-state index contributed by atoms with van der Waals surface area (Å²) in [5, 5.41) is 12.8. The molecule has 1 aromatic carbocycles. The van der Waals surface area contributed by atoms with Gasteiger partial charge in [0.2, 0.25) is 11.1 Å². The number of carbonyl (C=O) groups is 1. The molecule has 2 N–H and O–H groups in total. The van der Waals surface area contributed by atoms with Crippen LogP contribution in [0.3, 0.4) is 0 Å². The molecule has 0 aliphatic rings. The van der Waals surface area contributed by atoms with E-state index in [1.165, 1.54) is 11.8 Å². The summed E-state index contributed by atoms with van der Waals surface area (Å²) in [6.07, 6.45) is 0.977. The smallest absolute Gasteiger partial charge is 0.230 e. The van der Waals surface area contributed by atoms with Gasteiger partial charge in [0.05, 0.1) is 5.75 Å². The minimum atomic E-state index is -0.00933. The number of hydrogen-bond donors (Lipinski definition) is 2. The lowest BCUT2D eigenvalue weighted by Crippen LogP contribution is -2.27. The molecule has 126 valence electrons. The van der Waals surface area contributed by atoms with E-state index < -0.39 is 0 Å². The van der Waals surface area contributed by atoms with Crippen LogP contribution in [0.5, 0.6) is 0 Å². The van der Waals surface area contributed by atoms with Gasteiger partial charge in [0.1, 0.15) is 5.52 Å². The highest BCUT2D eigenvalue weighted by atomic mass is 79.9. The Morgan fingerprint density at radius 3 is 3.00 bits per heavy atom. The number of carbonyl (C=O) groups excluding carboxylic acids is 1. The fourth-order valence-corrected chi connectivity index (χ4v) is 3.25. The van der Waals surface area contributed by atoms with Gasteiger partial charge in [0.25, 0.3) is 0 Å². The van der Waals surface area contributed by atoms with E-state index in [0.717, 1.165) is 27.3 Å². The van der Waals surface area contributed by atoms with Crippen LogP contribution >= 0.6 is 27.7 Å². The molecule has 0 bridgehead atoms. The molecule has 0 aliphatic carbocycles. The van der Waals surface area contributed by atoms with Crippen molar-refractivity contribution in [3.8, 4) is 0 Å². The summed E-state index contributed by atoms with van der Waals surface area (Å²) in [5.41, 5.74) is 2.38. The van der Waals surface area contributed by atoms with Crippen molar-refractivity contribution >= 4 is 55.7 Å². The fraction of sp³-hybridized carbons (Fsp3) is 0.375. The third-order valence-corrected chi connectivity index (χ3v) is 4.86. The van der Waals surface area contributed by atoms with E-state index >= 15 is 0 Å². The molecular formula is C16H18BrN5OS. The maximum absolute atomic E-state index is 11.8. The molecule has 2 heterocycles. The molecule has 0 radical (unpaired) electrons. The predicted octanol–water partition coefficient (Wildman–Crippen LogP) is 3.52. The number of benzene rings is 1. The minimum Gasteiger partial charge on any atom is -0.355 e. The standard InChI is InChI=1S/C16H18BrN5OS/c1-9(2)5-6-18-13(23)8-24-16-20-15-14(21-22-16)11-7-10(17)3-4-12(11)19-15/h3-4,7,9H,5-6,8H2,1-2H3,(H,18,23)(H,19,20,22). The van der Waals surface area contributed by atoms with E-state index in [9.17, 15) is 4.79 Å². The molecule has 0 fully saturated rings. The minimum absolute atomic E-state index is 0.00933. The number of nitrogens with zero attached hydrogens (tertiary/aromatic N) is 3. The second-order valence-corrected chi connectivity index (χ2v) is 7.79. The molecule has 0 aliphatic heterocycles. The van der Waals surface area contributed by atoms with Crippen LogP contribution in [0.25, 0.3) is 22.1 Å². The monoisotopic (exact) mass is 407 g/mol. The van der Waals surface area contributed by atoms with Crippen LogP contribution in [0.4, 0.5) is 0 Å². The number of fused-ring (bicyclic) bond motifs is 3. The van der Waals surface area contributed by atoms with Crippen molar-refractivity contribution in [1.82, 2.24) is 25.5 Å². The molecule has 24 heavy (non-hydrogen) atoms. The molecule has 1 amide bonds. The number of aromatic amines is 1. The summed E-state index contributed by atoms with van der Waals surface area (Å²) < 4.78 is 0.981. The molecule has 3 rings (SSSR count). The second-order valence-electron chi connectivity index (χ2n) is 5.93. The predicted molar refractivity (Wildman–Crippen MR) is 100 cm³/mol. The molecule has 0 saturated carbocycles. The van der Waals surface area contributed by atoms with E-state index in [1.54, 1.807) is 0 Å². The number of aromatic nitrogens is 4. The van der Waals surface area contributed by atoms with Gasteiger partial charge in [-0.2, -0.15) is 0 Å². The zero-order valence-corrected chi connectivity index (χ0v) is 15.9. The van der Waals surface area contributed by atoms with Crippen molar-refractivity contribution in [2.45, 2.75) is 25.4 Å². The molecule has 6 nitrogen and oxygen atoms in total. The van der Waals surface area contributed by atoms with Crippen molar-refractivity contribution < 1.29 is 4.79 Å². The van der Waals surface area contributed by atoms with Crippen LogP contribution in [-0.4, -0.2) is 38.4 Å². The quantitative estimate of drug-likeness (QED) is 0.610. The molecule has 2 aromatic heterocycles. The van der Waals surface area contributed by atoms with E-state index in [1.807, 2.05) is 18.2 Å². The van der Waals surface area contributed by atoms with Gasteiger partial charge in [0, 0.05) is 21.9 Å². The summed E-state index contributed by atoms with van der Waals surface area (Å²) >= 11 is 4.75. The lowest BCUT2D eigenvalue weighted by molar-refractivity contribution is -0.118. The van der Waals surface area contributed by atoms with Gasteiger partial charge >= 0.3 is 0 Å². The van der Waals surface area contributed by atoms with Crippen LogP contribution in [0, 0.1) is 5.92 Å². The first-order chi connectivity index (χ1) is 11.5. The third kappa shape index (κ3) is 4.05. The topological polar surface area (TPSA) is 83.6 Å². The Hall–Kier alpha value is -1.67. The zero-order chi connectivity index (χ0) is 17.1. The summed E-state index contributed by atoms with van der Waals surface area (Å²) in [4.78, 5) is 19.5. The van der Waals surface area contributed by atoms with Gasteiger partial charge in [-0.3, -0.25) is 4.79 Å². The first-order valence-electron chi connectivity index (χ1n) is 7.74. The van der Waals surface area contributed by atoms with Gasteiger partial charge in [-0.05, 0) is 30.5 Å². The van der Waals surface area contributed by atoms with Crippen LogP contribution in [0.1, 0.15) is 20.3 Å². The number of halogens is 1. The number of rotatable bonds is 6. The first-order valence-corrected chi connectivity index (χ1v) is 9.52. The number of amides is 1. The SMILES string of the molecule is CC(C)CCNC(=O)CSc1nnc2c(n1)[nH]c1ccc(Br)cc12. The van der Waals surface area contributed by atoms with Crippen LogP contribution in [-0.2, 0) is 4.79 Å². The highest BCUT2D eigenvalue weighted by molar-refractivity contribution is 9.10. The van der Waals surface area contributed by atoms with E-state index in [2.05, 4.69) is 55.3 Å². The number of nitrogens with one attached hydrogen (secondary N) is 2. The average molecular weight is 408 g/mol. The van der Waals surface area contributed by atoms with Crippen molar-refractivity contribution in [2.24, 2.45) is 5.92 Å². The Balaban J connectivity index is 1.68. The molecule has 8 heteroatoms. The Morgan fingerprint density at radius 1 is 1.38 bits per heavy atom. The van der Waals surface area contributed by atoms with Crippen LogP contribution in [0.2, 0.25) is 0 Å². The average Bonchev–Trinajstić information content (AvgIpc) is 2.89. The Labute approximate surface area is 152 Å². The third-order valence-electron chi connectivity index (χ3n) is 3.53. The van der Waals surface area contributed by atoms with Gasteiger partial charge in [-0.25, -0.2) is 4.98 Å². The first kappa shape index (κ1) is 17.2. The van der Waals surface area contributed by atoms with Crippen molar-refractivity contribution in [3.63, 3.8) is 0 Å². The van der Waals surface area contributed by atoms with E-state index in [4.69, 9.17) is 0 Å².